The number of fused-ring (bicyclic) bond motifs is 1. The maximum atomic E-state index is 12.6. The lowest BCUT2D eigenvalue weighted by Crippen LogP contribution is -2.22. The van der Waals surface area contributed by atoms with Crippen molar-refractivity contribution in [3.63, 3.8) is 0 Å². The molecule has 0 saturated heterocycles. The Balaban J connectivity index is 1.79. The SMILES string of the molecule is COc1ccc(NC(=O)[C@H](C)Sc2nc(C)nc3sc(C)c(C)c23)cc1. The summed E-state index contributed by atoms with van der Waals surface area (Å²) in [6.45, 7) is 7.95. The molecule has 0 bridgehead atoms. The largest absolute Gasteiger partial charge is 0.497 e. The van der Waals surface area contributed by atoms with E-state index in [9.17, 15) is 4.79 Å². The Bertz CT molecular complexity index is 952. The molecule has 136 valence electrons. The highest BCUT2D eigenvalue weighted by atomic mass is 32.2. The normalized spacial score (nSPS) is 12.2. The van der Waals surface area contributed by atoms with Gasteiger partial charge in [0.05, 0.1) is 12.4 Å². The summed E-state index contributed by atoms with van der Waals surface area (Å²) in [6.07, 6.45) is 0. The molecule has 7 heteroatoms. The monoisotopic (exact) mass is 387 g/mol. The smallest absolute Gasteiger partial charge is 0.237 e. The third-order valence-electron chi connectivity index (χ3n) is 4.12. The van der Waals surface area contributed by atoms with Gasteiger partial charge in [0.15, 0.2) is 0 Å². The molecule has 3 rings (SSSR count). The number of rotatable bonds is 5. The van der Waals surface area contributed by atoms with Crippen LogP contribution in [0, 0.1) is 20.8 Å². The molecule has 0 aliphatic rings. The van der Waals surface area contributed by atoms with Crippen molar-refractivity contribution in [2.75, 3.05) is 12.4 Å². The van der Waals surface area contributed by atoms with Crippen LogP contribution >= 0.6 is 23.1 Å². The van der Waals surface area contributed by atoms with Gasteiger partial charge in [-0.05, 0) is 57.5 Å². The number of methoxy groups -OCH3 is 1. The molecule has 0 saturated carbocycles. The predicted octanol–water partition coefficient (Wildman–Crippen LogP) is 4.74. The van der Waals surface area contributed by atoms with E-state index in [4.69, 9.17) is 4.74 Å². The summed E-state index contributed by atoms with van der Waals surface area (Å²) >= 11 is 3.14. The molecule has 3 aromatic rings. The average Bonchev–Trinajstić information content (AvgIpc) is 2.89. The number of anilines is 1. The van der Waals surface area contributed by atoms with Gasteiger partial charge in [-0.1, -0.05) is 11.8 Å². The number of hydrogen-bond acceptors (Lipinski definition) is 6. The van der Waals surface area contributed by atoms with Crippen LogP contribution in [0.1, 0.15) is 23.2 Å². The first-order valence-corrected chi connectivity index (χ1v) is 9.94. The third-order valence-corrected chi connectivity index (χ3v) is 6.31. The number of aryl methyl sites for hydroxylation is 3. The number of ether oxygens (including phenoxy) is 1. The van der Waals surface area contributed by atoms with Crippen molar-refractivity contribution >= 4 is 44.9 Å². The van der Waals surface area contributed by atoms with Gasteiger partial charge in [-0.25, -0.2) is 9.97 Å². The van der Waals surface area contributed by atoms with Crippen LogP contribution in [0.15, 0.2) is 29.3 Å². The van der Waals surface area contributed by atoms with Crippen molar-refractivity contribution in [2.45, 2.75) is 38.0 Å². The lowest BCUT2D eigenvalue weighted by atomic mass is 10.2. The summed E-state index contributed by atoms with van der Waals surface area (Å²) in [7, 11) is 1.62. The molecule has 1 atom stereocenters. The molecule has 26 heavy (non-hydrogen) atoms. The van der Waals surface area contributed by atoms with Gasteiger partial charge >= 0.3 is 0 Å². The molecule has 0 aliphatic heterocycles. The average molecular weight is 388 g/mol. The van der Waals surface area contributed by atoms with Crippen molar-refractivity contribution < 1.29 is 9.53 Å². The number of nitrogens with one attached hydrogen (secondary N) is 1. The molecule has 2 aromatic heterocycles. The van der Waals surface area contributed by atoms with Gasteiger partial charge in [0, 0.05) is 16.0 Å². The predicted molar refractivity (Wildman–Crippen MR) is 109 cm³/mol. The molecule has 0 fully saturated rings. The van der Waals surface area contributed by atoms with Crippen molar-refractivity contribution in [1.29, 1.82) is 0 Å². The van der Waals surface area contributed by atoms with Crippen LogP contribution in [0.4, 0.5) is 5.69 Å². The van der Waals surface area contributed by atoms with E-state index in [2.05, 4.69) is 29.1 Å². The van der Waals surface area contributed by atoms with Crippen LogP contribution in [-0.4, -0.2) is 28.2 Å². The van der Waals surface area contributed by atoms with Gasteiger partial charge in [-0.3, -0.25) is 4.79 Å². The number of amides is 1. The molecule has 0 aliphatic carbocycles. The maximum absolute atomic E-state index is 12.6. The van der Waals surface area contributed by atoms with Crippen LogP contribution in [0.5, 0.6) is 5.75 Å². The fraction of sp³-hybridized carbons (Fsp3) is 0.316. The summed E-state index contributed by atoms with van der Waals surface area (Å²) < 4.78 is 5.14. The first-order chi connectivity index (χ1) is 12.4. The zero-order valence-corrected chi connectivity index (χ0v) is 17.0. The fourth-order valence-electron chi connectivity index (χ4n) is 2.54. The van der Waals surface area contributed by atoms with Crippen LogP contribution in [0.3, 0.4) is 0 Å². The highest BCUT2D eigenvalue weighted by molar-refractivity contribution is 8.00. The number of thioether (sulfide) groups is 1. The number of carbonyl (C=O) groups is 1. The van der Waals surface area contributed by atoms with Crippen LogP contribution in [0.2, 0.25) is 0 Å². The molecule has 5 nitrogen and oxygen atoms in total. The van der Waals surface area contributed by atoms with Crippen molar-refractivity contribution in [1.82, 2.24) is 9.97 Å². The molecule has 0 radical (unpaired) electrons. The van der Waals surface area contributed by atoms with Crippen LogP contribution in [-0.2, 0) is 4.79 Å². The Morgan fingerprint density at radius 2 is 1.88 bits per heavy atom. The Hall–Kier alpha value is -2.12. The number of carbonyl (C=O) groups excluding carboxylic acids is 1. The zero-order chi connectivity index (χ0) is 18.8. The van der Waals surface area contributed by atoms with Gasteiger partial charge < -0.3 is 10.1 Å². The highest BCUT2D eigenvalue weighted by Gasteiger charge is 2.20. The molecular weight excluding hydrogens is 366 g/mol. The zero-order valence-electron chi connectivity index (χ0n) is 15.4. The van der Waals surface area contributed by atoms with E-state index >= 15 is 0 Å². The number of nitrogens with zero attached hydrogens (tertiary/aromatic N) is 2. The third kappa shape index (κ3) is 3.83. The van der Waals surface area contributed by atoms with E-state index in [-0.39, 0.29) is 11.2 Å². The fourth-order valence-corrected chi connectivity index (χ4v) is 4.73. The van der Waals surface area contributed by atoms with E-state index in [1.165, 1.54) is 22.2 Å². The van der Waals surface area contributed by atoms with Crippen LogP contribution < -0.4 is 10.1 Å². The second-order valence-electron chi connectivity index (χ2n) is 6.02. The second kappa shape index (κ2) is 7.63. The first-order valence-electron chi connectivity index (χ1n) is 8.25. The molecule has 1 amide bonds. The van der Waals surface area contributed by atoms with Gasteiger partial charge in [0.1, 0.15) is 21.4 Å². The summed E-state index contributed by atoms with van der Waals surface area (Å²) in [5, 5.41) is 4.59. The van der Waals surface area contributed by atoms with Gasteiger partial charge in [-0.15, -0.1) is 11.3 Å². The number of thiophene rings is 1. The van der Waals surface area contributed by atoms with E-state index in [1.54, 1.807) is 18.4 Å². The summed E-state index contributed by atoms with van der Waals surface area (Å²) in [4.78, 5) is 23.9. The second-order valence-corrected chi connectivity index (χ2v) is 8.55. The molecule has 1 aromatic carbocycles. The molecule has 0 spiro atoms. The molecule has 0 unspecified atom stereocenters. The number of hydrogen-bond donors (Lipinski definition) is 1. The van der Waals surface area contributed by atoms with Gasteiger partial charge in [-0.2, -0.15) is 0 Å². The standard InChI is InChI=1S/C19H21N3O2S2/c1-10-11(2)25-18-16(10)19(21-13(4)20-18)26-12(3)17(23)22-14-6-8-15(24-5)9-7-14/h6-9,12H,1-5H3,(H,22,23)/t12-/m0/s1. The Morgan fingerprint density at radius 1 is 1.19 bits per heavy atom. The number of benzene rings is 1. The van der Waals surface area contributed by atoms with E-state index in [0.717, 1.165) is 32.5 Å². The van der Waals surface area contributed by atoms with E-state index < -0.39 is 0 Å². The maximum Gasteiger partial charge on any atom is 0.237 e. The lowest BCUT2D eigenvalue weighted by Gasteiger charge is -2.13. The van der Waals surface area contributed by atoms with Crippen molar-refractivity contribution in [3.8, 4) is 5.75 Å². The quantitative estimate of drug-likeness (QED) is 0.506. The summed E-state index contributed by atoms with van der Waals surface area (Å²) in [5.41, 5.74) is 1.94. The summed E-state index contributed by atoms with van der Waals surface area (Å²) in [5.74, 6) is 1.42. The minimum atomic E-state index is -0.283. The van der Waals surface area contributed by atoms with E-state index in [1.807, 2.05) is 38.1 Å². The molecule has 1 N–H and O–H groups in total. The van der Waals surface area contributed by atoms with E-state index in [0.29, 0.717) is 0 Å². The van der Waals surface area contributed by atoms with Crippen LogP contribution in [0.25, 0.3) is 10.2 Å². The van der Waals surface area contributed by atoms with Crippen molar-refractivity contribution in [3.05, 3.63) is 40.5 Å². The Labute approximate surface area is 161 Å². The van der Waals surface area contributed by atoms with Gasteiger partial charge in [0.25, 0.3) is 0 Å². The Kier molecular flexibility index (Phi) is 5.48. The minimum absolute atomic E-state index is 0.0609. The highest BCUT2D eigenvalue weighted by Crippen LogP contribution is 2.36. The van der Waals surface area contributed by atoms with Gasteiger partial charge in [0.2, 0.25) is 5.91 Å². The minimum Gasteiger partial charge on any atom is -0.497 e. The molecular formula is C19H21N3O2S2. The summed E-state index contributed by atoms with van der Waals surface area (Å²) in [6, 6.07) is 7.30. The van der Waals surface area contributed by atoms with Crippen molar-refractivity contribution in [2.24, 2.45) is 0 Å². The lowest BCUT2D eigenvalue weighted by molar-refractivity contribution is -0.115. The Morgan fingerprint density at radius 3 is 2.54 bits per heavy atom. The number of aromatic nitrogens is 2. The molecule has 2 heterocycles. The topological polar surface area (TPSA) is 64.1 Å². The first kappa shape index (κ1) is 18.7.